The van der Waals surface area contributed by atoms with Crippen molar-refractivity contribution in [3.05, 3.63) is 48.3 Å². The van der Waals surface area contributed by atoms with E-state index in [1.165, 1.54) is 36.0 Å². The first-order valence-electron chi connectivity index (χ1n) is 8.53. The highest BCUT2D eigenvalue weighted by Gasteiger charge is 1.97. The average Bonchev–Trinajstić information content (AvgIpc) is 3.21. The van der Waals surface area contributed by atoms with Gasteiger partial charge < -0.3 is 10.8 Å². The van der Waals surface area contributed by atoms with Crippen LogP contribution < -0.4 is 9.13 Å². The molecule has 0 spiro atoms. The standard InChI is InChI=1S/2C8H15N2.2CNS/c2*1-3-4-5-10-7-6-9(2)8-10;2*2-1-3/h2*6-8H,3-5H2,1-2H3;;/q2*+1;2*-1. The Labute approximate surface area is 168 Å². The summed E-state index contributed by atoms with van der Waals surface area (Å²) in [6.45, 7) is 6.72. The molecule has 26 heavy (non-hydrogen) atoms. The average molecular weight is 395 g/mol. The third-order valence-corrected chi connectivity index (χ3v) is 3.19. The van der Waals surface area contributed by atoms with E-state index >= 15 is 0 Å². The lowest BCUT2D eigenvalue weighted by atomic mass is 10.3. The molecule has 0 aliphatic heterocycles. The molecule has 2 rings (SSSR count). The van der Waals surface area contributed by atoms with Gasteiger partial charge >= 0.3 is 0 Å². The number of aromatic nitrogens is 4. The van der Waals surface area contributed by atoms with Crippen LogP contribution in [-0.2, 0) is 27.2 Å². The lowest BCUT2D eigenvalue weighted by Gasteiger charge is -1.90. The number of rotatable bonds is 6. The monoisotopic (exact) mass is 394 g/mol. The first-order chi connectivity index (χ1) is 12.5. The van der Waals surface area contributed by atoms with E-state index in [2.05, 4.69) is 94.0 Å². The van der Waals surface area contributed by atoms with Crippen LogP contribution in [-0.4, -0.2) is 19.5 Å². The molecule has 0 bridgehead atoms. The third-order valence-electron chi connectivity index (χ3n) is 3.19. The number of unbranched alkanes of at least 4 members (excludes halogenated alkanes) is 2. The number of nitrogens with zero attached hydrogens (tertiary/aromatic N) is 6. The lowest BCUT2D eigenvalue weighted by molar-refractivity contribution is -0.671. The maximum absolute atomic E-state index is 7.13. The van der Waals surface area contributed by atoms with E-state index in [0.29, 0.717) is 0 Å². The molecule has 0 radical (unpaired) electrons. The molecular formula is C18H30N6S2. The maximum Gasteiger partial charge on any atom is 0.243 e. The second-order valence-corrected chi connectivity index (χ2v) is 5.89. The second-order valence-electron chi connectivity index (χ2n) is 5.52. The molecule has 0 fully saturated rings. The van der Waals surface area contributed by atoms with Crippen LogP contribution in [0.1, 0.15) is 39.5 Å². The molecule has 2 aromatic heterocycles. The molecule has 2 heterocycles. The van der Waals surface area contributed by atoms with E-state index in [0.717, 1.165) is 13.1 Å². The van der Waals surface area contributed by atoms with Crippen LogP contribution in [0.3, 0.4) is 0 Å². The molecular weight excluding hydrogens is 364 g/mol. The van der Waals surface area contributed by atoms with Crippen LogP contribution in [0.4, 0.5) is 0 Å². The lowest BCUT2D eigenvalue weighted by Crippen LogP contribution is -2.23. The van der Waals surface area contributed by atoms with E-state index in [1.807, 2.05) is 14.1 Å². The molecule has 0 N–H and O–H groups in total. The van der Waals surface area contributed by atoms with Crippen molar-refractivity contribution in [3.63, 3.8) is 0 Å². The Hall–Kier alpha value is -1.98. The van der Waals surface area contributed by atoms with Crippen molar-refractivity contribution in [2.24, 2.45) is 14.1 Å². The van der Waals surface area contributed by atoms with Gasteiger partial charge in [-0.05, 0) is 12.8 Å². The molecule has 8 heteroatoms. The van der Waals surface area contributed by atoms with Crippen molar-refractivity contribution in [1.29, 1.82) is 0 Å². The van der Waals surface area contributed by atoms with Crippen LogP contribution in [0.25, 0.3) is 10.8 Å². The minimum absolute atomic E-state index is 1.15. The van der Waals surface area contributed by atoms with Gasteiger partial charge in [-0.3, -0.25) is 0 Å². The van der Waals surface area contributed by atoms with Gasteiger partial charge in [-0.15, -0.1) is 0 Å². The van der Waals surface area contributed by atoms with Gasteiger partial charge in [-0.2, -0.15) is 10.3 Å². The zero-order chi connectivity index (χ0) is 20.2. The summed E-state index contributed by atoms with van der Waals surface area (Å²) >= 11 is 7.40. The van der Waals surface area contributed by atoms with Gasteiger partial charge in [0.2, 0.25) is 12.7 Å². The van der Waals surface area contributed by atoms with Gasteiger partial charge in [-0.25, -0.2) is 18.3 Å². The quantitative estimate of drug-likeness (QED) is 0.427. The summed E-state index contributed by atoms with van der Waals surface area (Å²) in [5.41, 5.74) is 0. The summed E-state index contributed by atoms with van der Waals surface area (Å²) < 4.78 is 8.55. The minimum atomic E-state index is 1.15. The van der Waals surface area contributed by atoms with Crippen molar-refractivity contribution < 1.29 is 9.13 Å². The van der Waals surface area contributed by atoms with Gasteiger partial charge in [0, 0.05) is 0 Å². The SMILES string of the molecule is CCCCn1cc[n+](C)c1.CCCCn1cc[n+](C)c1.[N-]=C=S.[N-]=C=S. The highest BCUT2D eigenvalue weighted by Crippen LogP contribution is 1.92. The number of hydrogen-bond acceptors (Lipinski definition) is 2. The summed E-state index contributed by atoms with van der Waals surface area (Å²) in [4.78, 5) is 0. The zero-order valence-corrected chi connectivity index (χ0v) is 17.8. The van der Waals surface area contributed by atoms with Crippen molar-refractivity contribution in [3.8, 4) is 0 Å². The van der Waals surface area contributed by atoms with Gasteiger partial charge in [-0.1, -0.05) is 51.1 Å². The molecule has 2 aromatic rings. The Balaban J connectivity index is 0. The molecule has 144 valence electrons. The third kappa shape index (κ3) is 16.9. The number of isothiocyanates is 2. The van der Waals surface area contributed by atoms with Crippen molar-refractivity contribution in [1.82, 2.24) is 9.13 Å². The smallest absolute Gasteiger partial charge is 0.243 e. The Morgan fingerprint density at radius 2 is 1.12 bits per heavy atom. The van der Waals surface area contributed by atoms with E-state index in [9.17, 15) is 0 Å². The first kappa shape index (κ1) is 26.3. The zero-order valence-electron chi connectivity index (χ0n) is 16.2. The Kier molecular flexibility index (Phi) is 19.5. The predicted octanol–water partition coefficient (Wildman–Crippen LogP) is 3.54. The Bertz CT molecular complexity index is 579. The van der Waals surface area contributed by atoms with Gasteiger partial charge in [0.05, 0.1) is 27.2 Å². The van der Waals surface area contributed by atoms with Crippen molar-refractivity contribution >= 4 is 34.8 Å². The fraction of sp³-hybridized carbons (Fsp3) is 0.556. The summed E-state index contributed by atoms with van der Waals surface area (Å²) in [7, 11) is 4.09. The first-order valence-corrected chi connectivity index (χ1v) is 9.35. The van der Waals surface area contributed by atoms with Gasteiger partial charge in [0.1, 0.15) is 24.8 Å². The van der Waals surface area contributed by atoms with Crippen LogP contribution in [0.15, 0.2) is 37.4 Å². The topological polar surface area (TPSA) is 62.2 Å². The predicted molar refractivity (Wildman–Crippen MR) is 113 cm³/mol. The molecule has 0 saturated carbocycles. The minimum Gasteiger partial charge on any atom is -0.753 e. The van der Waals surface area contributed by atoms with Crippen LogP contribution in [0, 0.1) is 0 Å². The van der Waals surface area contributed by atoms with Gasteiger partial charge in [0.15, 0.2) is 0 Å². The number of aryl methyl sites for hydroxylation is 4. The van der Waals surface area contributed by atoms with E-state index in [-0.39, 0.29) is 0 Å². The Morgan fingerprint density at radius 3 is 1.31 bits per heavy atom. The van der Waals surface area contributed by atoms with Crippen molar-refractivity contribution in [2.75, 3.05) is 0 Å². The molecule has 0 amide bonds. The second kappa shape index (κ2) is 19.3. The fourth-order valence-corrected chi connectivity index (χ4v) is 1.95. The number of hydrogen-bond donors (Lipinski definition) is 0. The molecule has 0 unspecified atom stereocenters. The Morgan fingerprint density at radius 1 is 0.808 bits per heavy atom. The highest BCUT2D eigenvalue weighted by molar-refractivity contribution is 7.78. The van der Waals surface area contributed by atoms with Crippen molar-refractivity contribution in [2.45, 2.75) is 52.6 Å². The van der Waals surface area contributed by atoms with E-state index in [1.54, 1.807) is 0 Å². The largest absolute Gasteiger partial charge is 0.753 e. The summed E-state index contributed by atoms with van der Waals surface area (Å²) in [5, 5.41) is 16.9. The van der Waals surface area contributed by atoms with E-state index < -0.39 is 0 Å². The molecule has 6 nitrogen and oxygen atoms in total. The molecule has 0 atom stereocenters. The fourth-order valence-electron chi connectivity index (χ4n) is 1.95. The summed E-state index contributed by atoms with van der Waals surface area (Å²) in [5.74, 6) is 0. The summed E-state index contributed by atoms with van der Waals surface area (Å²) in [6, 6.07) is 0. The molecule has 0 aliphatic rings. The van der Waals surface area contributed by atoms with Crippen LogP contribution in [0.2, 0.25) is 0 Å². The van der Waals surface area contributed by atoms with Crippen LogP contribution >= 0.6 is 24.4 Å². The molecule has 0 aliphatic carbocycles. The molecule has 0 aromatic carbocycles. The van der Waals surface area contributed by atoms with E-state index in [4.69, 9.17) is 10.8 Å². The number of thiocarbonyl (C=S) groups is 2. The molecule has 0 saturated heterocycles. The normalized spacial score (nSPS) is 8.46. The summed E-state index contributed by atoms with van der Waals surface area (Å²) in [6.07, 6.45) is 17.6. The van der Waals surface area contributed by atoms with Gasteiger partial charge in [0.25, 0.3) is 0 Å². The van der Waals surface area contributed by atoms with Crippen LogP contribution in [0.5, 0.6) is 0 Å². The number of imidazole rings is 2. The maximum atomic E-state index is 7.13. The highest BCUT2D eigenvalue weighted by atomic mass is 32.1.